The van der Waals surface area contributed by atoms with Crippen LogP contribution < -0.4 is 25.6 Å². The first-order valence-corrected chi connectivity index (χ1v) is 10.7. The van der Waals surface area contributed by atoms with E-state index in [1.54, 1.807) is 12.4 Å². The van der Waals surface area contributed by atoms with Gasteiger partial charge in [-0.3, -0.25) is 9.78 Å². The summed E-state index contributed by atoms with van der Waals surface area (Å²) in [6, 6.07) is 13.8. The quantitative estimate of drug-likeness (QED) is 0.599. The number of carbonyl (C=O) groups excluding carboxylic acids is 1. The van der Waals surface area contributed by atoms with E-state index in [0.29, 0.717) is 18.1 Å². The molecule has 3 unspecified atom stereocenters. The molecule has 1 fully saturated rings. The van der Waals surface area contributed by atoms with Crippen molar-refractivity contribution in [3.8, 4) is 21.9 Å². The predicted octanol–water partition coefficient (Wildman–Crippen LogP) is 3.12. The lowest BCUT2D eigenvalue weighted by Crippen LogP contribution is -2.46. The molecule has 0 radical (unpaired) electrons. The Bertz CT molecular complexity index is 1060. The first-order chi connectivity index (χ1) is 14.7. The number of fused-ring (bicyclic) bond motifs is 1. The van der Waals surface area contributed by atoms with Crippen LogP contribution in [0.2, 0.25) is 0 Å². The van der Waals surface area contributed by atoms with Crippen molar-refractivity contribution in [1.29, 1.82) is 0 Å². The molecule has 2 aliphatic rings. The summed E-state index contributed by atoms with van der Waals surface area (Å²) in [5, 5.41) is 3.10. The molecule has 3 N–H and O–H groups in total. The van der Waals surface area contributed by atoms with E-state index < -0.39 is 0 Å². The second-order valence-corrected chi connectivity index (χ2v) is 8.46. The first-order valence-electron chi connectivity index (χ1n) is 9.91. The molecule has 1 amide bonds. The van der Waals surface area contributed by atoms with E-state index in [2.05, 4.69) is 28.1 Å². The summed E-state index contributed by atoms with van der Waals surface area (Å²) >= 11 is 1.46. The molecule has 0 bridgehead atoms. The Morgan fingerprint density at radius 1 is 1.07 bits per heavy atom. The Labute approximate surface area is 178 Å². The number of amides is 1. The standard InChI is InChI=1S/C22H22N4O3S/c1-13-20(14-6-8-23-9-7-14)25-26-21(13)24-22(27)19-5-4-18(30-19)15-2-3-16-17(12-15)29-11-10-28-16/h2-9,12-13,20-21,25-26H,10-11H2,1H3,(H,24,27). The van der Waals surface area contributed by atoms with Gasteiger partial charge in [0.1, 0.15) is 13.2 Å². The molecule has 0 saturated carbocycles. The van der Waals surface area contributed by atoms with Crippen molar-refractivity contribution >= 4 is 17.2 Å². The third-order valence-electron chi connectivity index (χ3n) is 5.45. The second kappa shape index (κ2) is 8.06. The van der Waals surface area contributed by atoms with Crippen LogP contribution in [0, 0.1) is 5.92 Å². The predicted molar refractivity (Wildman–Crippen MR) is 114 cm³/mol. The lowest BCUT2D eigenvalue weighted by atomic mass is 9.95. The molecular formula is C22H22N4O3S. The van der Waals surface area contributed by atoms with Crippen LogP contribution in [0.15, 0.2) is 54.9 Å². The molecule has 1 saturated heterocycles. The molecule has 154 valence electrons. The van der Waals surface area contributed by atoms with Gasteiger partial charge in [0.25, 0.3) is 5.91 Å². The van der Waals surface area contributed by atoms with Crippen molar-refractivity contribution in [2.45, 2.75) is 19.1 Å². The van der Waals surface area contributed by atoms with E-state index in [1.165, 1.54) is 11.3 Å². The minimum Gasteiger partial charge on any atom is -0.486 e. The zero-order valence-corrected chi connectivity index (χ0v) is 17.2. The molecule has 1 aromatic carbocycles. The van der Waals surface area contributed by atoms with Gasteiger partial charge < -0.3 is 14.8 Å². The summed E-state index contributed by atoms with van der Waals surface area (Å²) in [6.45, 7) is 3.23. The van der Waals surface area contributed by atoms with Gasteiger partial charge in [-0.2, -0.15) is 0 Å². The molecule has 2 aliphatic heterocycles. The number of hydrogen-bond donors (Lipinski definition) is 3. The van der Waals surface area contributed by atoms with Gasteiger partial charge in [-0.1, -0.05) is 6.92 Å². The topological polar surface area (TPSA) is 84.5 Å². The molecule has 0 spiro atoms. The number of hydrazine groups is 1. The number of thiophene rings is 1. The summed E-state index contributed by atoms with van der Waals surface area (Å²) in [6.07, 6.45) is 3.39. The molecule has 5 rings (SSSR count). The lowest BCUT2D eigenvalue weighted by Gasteiger charge is -2.19. The van der Waals surface area contributed by atoms with E-state index in [1.807, 2.05) is 42.5 Å². The van der Waals surface area contributed by atoms with Gasteiger partial charge in [0, 0.05) is 23.2 Å². The minimum atomic E-state index is -0.171. The Morgan fingerprint density at radius 2 is 1.87 bits per heavy atom. The number of ether oxygens (including phenoxy) is 2. The third kappa shape index (κ3) is 3.65. The highest BCUT2D eigenvalue weighted by molar-refractivity contribution is 7.17. The molecule has 7 nitrogen and oxygen atoms in total. The normalized spacial score (nSPS) is 22.6. The maximum absolute atomic E-state index is 12.8. The number of rotatable bonds is 4. The zero-order valence-electron chi connectivity index (χ0n) is 16.4. The van der Waals surface area contributed by atoms with Gasteiger partial charge in [-0.25, -0.2) is 10.9 Å². The Balaban J connectivity index is 1.27. The van der Waals surface area contributed by atoms with Crippen LogP contribution in [-0.4, -0.2) is 30.3 Å². The van der Waals surface area contributed by atoms with E-state index >= 15 is 0 Å². The number of benzene rings is 1. The van der Waals surface area contributed by atoms with Crippen LogP contribution in [0.5, 0.6) is 11.5 Å². The van der Waals surface area contributed by atoms with E-state index in [-0.39, 0.29) is 24.0 Å². The molecular weight excluding hydrogens is 400 g/mol. The van der Waals surface area contributed by atoms with Crippen molar-refractivity contribution < 1.29 is 14.3 Å². The SMILES string of the molecule is CC1C(NC(=O)c2ccc(-c3ccc4c(c3)OCCO4)s2)NNC1c1ccncc1. The summed E-state index contributed by atoms with van der Waals surface area (Å²) in [7, 11) is 0. The third-order valence-corrected chi connectivity index (χ3v) is 6.59. The van der Waals surface area contributed by atoms with Crippen molar-refractivity contribution in [3.63, 3.8) is 0 Å². The second-order valence-electron chi connectivity index (χ2n) is 7.38. The van der Waals surface area contributed by atoms with Crippen molar-refractivity contribution in [1.82, 2.24) is 21.2 Å². The van der Waals surface area contributed by atoms with Crippen LogP contribution in [0.1, 0.15) is 28.2 Å². The van der Waals surface area contributed by atoms with Gasteiger partial charge in [0.15, 0.2) is 11.5 Å². The largest absolute Gasteiger partial charge is 0.486 e. The average molecular weight is 423 g/mol. The highest BCUT2D eigenvalue weighted by Crippen LogP contribution is 2.37. The molecule has 3 atom stereocenters. The highest BCUT2D eigenvalue weighted by atomic mass is 32.1. The van der Waals surface area contributed by atoms with Gasteiger partial charge in [-0.15, -0.1) is 11.3 Å². The highest BCUT2D eigenvalue weighted by Gasteiger charge is 2.34. The number of aromatic nitrogens is 1. The van der Waals surface area contributed by atoms with Gasteiger partial charge >= 0.3 is 0 Å². The molecule has 2 aromatic heterocycles. The summed E-state index contributed by atoms with van der Waals surface area (Å²) in [5.41, 5.74) is 8.62. The van der Waals surface area contributed by atoms with E-state index in [9.17, 15) is 4.79 Å². The minimum absolute atomic E-state index is 0.0923. The van der Waals surface area contributed by atoms with Crippen LogP contribution in [0.25, 0.3) is 10.4 Å². The number of nitrogens with zero attached hydrogens (tertiary/aromatic N) is 1. The summed E-state index contributed by atoms with van der Waals surface area (Å²) in [4.78, 5) is 18.6. The van der Waals surface area contributed by atoms with E-state index in [0.717, 1.165) is 27.5 Å². The van der Waals surface area contributed by atoms with Crippen LogP contribution in [0.3, 0.4) is 0 Å². The van der Waals surface area contributed by atoms with Crippen LogP contribution in [-0.2, 0) is 0 Å². The summed E-state index contributed by atoms with van der Waals surface area (Å²) < 4.78 is 11.2. The fourth-order valence-corrected chi connectivity index (χ4v) is 4.69. The number of hydrogen-bond acceptors (Lipinski definition) is 7. The Hall–Kier alpha value is -2.94. The van der Waals surface area contributed by atoms with Gasteiger partial charge in [-0.05, 0) is 53.6 Å². The van der Waals surface area contributed by atoms with Crippen LogP contribution in [0.4, 0.5) is 0 Å². The molecule has 4 heterocycles. The average Bonchev–Trinajstić information content (AvgIpc) is 3.42. The maximum atomic E-state index is 12.8. The number of pyridine rings is 1. The Kier molecular flexibility index (Phi) is 5.12. The lowest BCUT2D eigenvalue weighted by molar-refractivity contribution is 0.0927. The van der Waals surface area contributed by atoms with Gasteiger partial charge in [0.05, 0.1) is 17.1 Å². The maximum Gasteiger partial charge on any atom is 0.262 e. The first kappa shape index (κ1) is 19.0. The zero-order chi connectivity index (χ0) is 20.5. The van der Waals surface area contributed by atoms with Crippen molar-refractivity contribution in [2.24, 2.45) is 5.92 Å². The number of carbonyl (C=O) groups is 1. The fourth-order valence-electron chi connectivity index (χ4n) is 3.78. The Morgan fingerprint density at radius 3 is 2.70 bits per heavy atom. The molecule has 3 aromatic rings. The molecule has 30 heavy (non-hydrogen) atoms. The smallest absolute Gasteiger partial charge is 0.262 e. The van der Waals surface area contributed by atoms with E-state index in [4.69, 9.17) is 9.47 Å². The molecule has 8 heteroatoms. The van der Waals surface area contributed by atoms with Gasteiger partial charge in [0.2, 0.25) is 0 Å². The number of nitrogens with one attached hydrogen (secondary N) is 3. The molecule has 0 aliphatic carbocycles. The van der Waals surface area contributed by atoms with Crippen LogP contribution >= 0.6 is 11.3 Å². The monoisotopic (exact) mass is 422 g/mol. The van der Waals surface area contributed by atoms with Crippen molar-refractivity contribution in [3.05, 3.63) is 65.3 Å². The fraction of sp³-hybridized carbons (Fsp3) is 0.273. The van der Waals surface area contributed by atoms with Crippen molar-refractivity contribution in [2.75, 3.05) is 13.2 Å². The summed E-state index contributed by atoms with van der Waals surface area (Å²) in [5.74, 6) is 1.59.